The lowest BCUT2D eigenvalue weighted by molar-refractivity contribution is -0.159. The summed E-state index contributed by atoms with van der Waals surface area (Å²) in [6.45, 7) is 3.67. The van der Waals surface area contributed by atoms with Gasteiger partial charge in [-0.2, -0.15) is 18.2 Å². The lowest BCUT2D eigenvalue weighted by atomic mass is 10.2. The Balaban J connectivity index is 1.33. The Hall–Kier alpha value is -3.70. The minimum Gasteiger partial charge on any atom is -0.444 e. The number of pyridine rings is 2. The molecular weight excluding hydrogens is 429 g/mol. The normalized spacial score (nSPS) is 13.9. The summed E-state index contributed by atoms with van der Waals surface area (Å²) in [6, 6.07) is 5.19. The fraction of sp³-hybridized carbons (Fsp3) is 0.350. The van der Waals surface area contributed by atoms with Crippen LogP contribution < -0.4 is 10.2 Å². The van der Waals surface area contributed by atoms with E-state index in [4.69, 9.17) is 4.74 Å². The average molecular weight is 448 g/mol. The Kier molecular flexibility index (Phi) is 5.93. The number of halogens is 3. The SMILES string of the molecule is Cc1cc(-c2noc(C(F)(F)F)n2)ncc1NC(=O)OCc1ccc(N2CCCC2)nc1. The number of carbonyl (C=O) groups excluding carboxylic acids is 1. The number of carbonyl (C=O) groups is 1. The fourth-order valence-corrected chi connectivity index (χ4v) is 3.18. The van der Waals surface area contributed by atoms with Crippen molar-refractivity contribution in [2.75, 3.05) is 23.3 Å². The molecule has 1 saturated heterocycles. The number of hydrogen-bond acceptors (Lipinski definition) is 8. The van der Waals surface area contributed by atoms with Gasteiger partial charge in [0.2, 0.25) is 5.82 Å². The standard InChI is InChI=1S/C20H19F3N6O3/c1-12-8-14(17-27-18(32-28-17)20(21,22)23)24-10-15(12)26-19(30)31-11-13-4-5-16(25-9-13)29-6-2-3-7-29/h4-5,8-10H,2-3,6-7,11H2,1H3,(H,26,30). The first-order valence-corrected chi connectivity index (χ1v) is 9.81. The summed E-state index contributed by atoms with van der Waals surface area (Å²) in [4.78, 5) is 26.0. The maximum atomic E-state index is 12.6. The molecule has 12 heteroatoms. The molecule has 1 fully saturated rings. The van der Waals surface area contributed by atoms with Gasteiger partial charge in [-0.25, -0.2) is 9.78 Å². The number of aryl methyl sites for hydroxylation is 1. The highest BCUT2D eigenvalue weighted by Crippen LogP contribution is 2.29. The zero-order chi connectivity index (χ0) is 22.7. The van der Waals surface area contributed by atoms with E-state index in [1.165, 1.54) is 12.3 Å². The molecule has 4 rings (SSSR count). The van der Waals surface area contributed by atoms with E-state index in [0.29, 0.717) is 11.3 Å². The van der Waals surface area contributed by atoms with Gasteiger partial charge in [-0.3, -0.25) is 10.3 Å². The predicted molar refractivity (Wildman–Crippen MR) is 107 cm³/mol. The molecule has 1 aliphatic heterocycles. The molecule has 168 valence electrons. The quantitative estimate of drug-likeness (QED) is 0.619. The van der Waals surface area contributed by atoms with Crippen LogP contribution in [-0.4, -0.2) is 39.3 Å². The first-order chi connectivity index (χ1) is 15.3. The molecule has 0 bridgehead atoms. The van der Waals surface area contributed by atoms with Crippen LogP contribution >= 0.6 is 0 Å². The van der Waals surface area contributed by atoms with Crippen molar-refractivity contribution >= 4 is 17.6 Å². The third-order valence-electron chi connectivity index (χ3n) is 4.85. The third kappa shape index (κ3) is 4.95. The molecule has 0 radical (unpaired) electrons. The topological polar surface area (TPSA) is 106 Å². The van der Waals surface area contributed by atoms with E-state index >= 15 is 0 Å². The second kappa shape index (κ2) is 8.81. The van der Waals surface area contributed by atoms with Crippen LogP contribution in [0.3, 0.4) is 0 Å². The van der Waals surface area contributed by atoms with Gasteiger partial charge in [-0.15, -0.1) is 0 Å². The molecule has 3 aromatic rings. The number of anilines is 2. The van der Waals surface area contributed by atoms with Crippen LogP contribution in [-0.2, 0) is 17.5 Å². The van der Waals surface area contributed by atoms with Crippen molar-refractivity contribution in [3.63, 3.8) is 0 Å². The molecule has 1 N–H and O–H groups in total. The van der Waals surface area contributed by atoms with Gasteiger partial charge in [-0.05, 0) is 37.5 Å². The van der Waals surface area contributed by atoms with Crippen molar-refractivity contribution < 1.29 is 27.2 Å². The molecule has 1 aliphatic rings. The van der Waals surface area contributed by atoms with Gasteiger partial charge in [0.15, 0.2) is 0 Å². The summed E-state index contributed by atoms with van der Waals surface area (Å²) in [5.41, 5.74) is 1.68. The van der Waals surface area contributed by atoms with Gasteiger partial charge in [0.1, 0.15) is 18.1 Å². The van der Waals surface area contributed by atoms with E-state index in [0.717, 1.165) is 37.3 Å². The smallest absolute Gasteiger partial charge is 0.444 e. The van der Waals surface area contributed by atoms with Crippen LogP contribution in [0.1, 0.15) is 29.9 Å². The average Bonchev–Trinajstić information content (AvgIpc) is 3.46. The Labute approximate surface area is 180 Å². The molecule has 1 amide bonds. The van der Waals surface area contributed by atoms with Crippen molar-refractivity contribution in [1.82, 2.24) is 20.1 Å². The summed E-state index contributed by atoms with van der Waals surface area (Å²) < 4.78 is 47.2. The van der Waals surface area contributed by atoms with Crippen LogP contribution in [0.25, 0.3) is 11.5 Å². The molecule has 9 nitrogen and oxygen atoms in total. The maximum Gasteiger partial charge on any atom is 0.471 e. The highest BCUT2D eigenvalue weighted by molar-refractivity contribution is 5.85. The van der Waals surface area contributed by atoms with Crippen LogP contribution in [0.15, 0.2) is 35.1 Å². The third-order valence-corrected chi connectivity index (χ3v) is 4.85. The van der Waals surface area contributed by atoms with Gasteiger partial charge in [0.25, 0.3) is 0 Å². The highest BCUT2D eigenvalue weighted by atomic mass is 19.4. The van der Waals surface area contributed by atoms with Gasteiger partial charge < -0.3 is 14.2 Å². The largest absolute Gasteiger partial charge is 0.471 e. The van der Waals surface area contributed by atoms with Crippen LogP contribution in [0.4, 0.5) is 29.5 Å². The molecule has 32 heavy (non-hydrogen) atoms. The van der Waals surface area contributed by atoms with Crippen molar-refractivity contribution in [1.29, 1.82) is 0 Å². The van der Waals surface area contributed by atoms with E-state index < -0.39 is 18.2 Å². The van der Waals surface area contributed by atoms with E-state index in [-0.39, 0.29) is 18.1 Å². The zero-order valence-electron chi connectivity index (χ0n) is 17.0. The van der Waals surface area contributed by atoms with Gasteiger partial charge >= 0.3 is 18.2 Å². The number of rotatable bonds is 5. The second-order valence-corrected chi connectivity index (χ2v) is 7.23. The van der Waals surface area contributed by atoms with Crippen molar-refractivity contribution in [3.05, 3.63) is 47.6 Å². The van der Waals surface area contributed by atoms with E-state index in [9.17, 15) is 18.0 Å². The van der Waals surface area contributed by atoms with Crippen LogP contribution in [0, 0.1) is 6.92 Å². The van der Waals surface area contributed by atoms with Crippen LogP contribution in [0.2, 0.25) is 0 Å². The molecule has 3 aromatic heterocycles. The van der Waals surface area contributed by atoms with E-state index in [2.05, 4.69) is 34.8 Å². The molecular formula is C20H19F3N6O3. The summed E-state index contributed by atoms with van der Waals surface area (Å²) in [6.07, 6.45) is -0.178. The molecule has 0 atom stereocenters. The molecule has 0 spiro atoms. The van der Waals surface area contributed by atoms with Gasteiger partial charge in [-0.1, -0.05) is 11.2 Å². The monoisotopic (exact) mass is 448 g/mol. The summed E-state index contributed by atoms with van der Waals surface area (Å²) in [5, 5.41) is 5.84. The minimum atomic E-state index is -4.74. The predicted octanol–water partition coefficient (Wildman–Crippen LogP) is 4.20. The Morgan fingerprint density at radius 2 is 2.00 bits per heavy atom. The number of ether oxygens (including phenoxy) is 1. The summed E-state index contributed by atoms with van der Waals surface area (Å²) in [7, 11) is 0. The lowest BCUT2D eigenvalue weighted by Gasteiger charge is -2.16. The molecule has 0 aromatic carbocycles. The van der Waals surface area contributed by atoms with Crippen molar-refractivity contribution in [2.24, 2.45) is 0 Å². The summed E-state index contributed by atoms with van der Waals surface area (Å²) in [5.74, 6) is -0.860. The van der Waals surface area contributed by atoms with E-state index in [1.807, 2.05) is 12.1 Å². The van der Waals surface area contributed by atoms with Gasteiger partial charge in [0, 0.05) is 24.8 Å². The highest BCUT2D eigenvalue weighted by Gasteiger charge is 2.38. The minimum absolute atomic E-state index is 0.0345. The Morgan fingerprint density at radius 1 is 1.22 bits per heavy atom. The number of alkyl halides is 3. The van der Waals surface area contributed by atoms with Crippen molar-refractivity contribution in [2.45, 2.75) is 32.5 Å². The molecule has 4 heterocycles. The number of aromatic nitrogens is 4. The Morgan fingerprint density at radius 3 is 2.62 bits per heavy atom. The number of amides is 1. The summed E-state index contributed by atoms with van der Waals surface area (Å²) >= 11 is 0. The maximum absolute atomic E-state index is 12.6. The molecule has 0 saturated carbocycles. The van der Waals surface area contributed by atoms with E-state index in [1.54, 1.807) is 13.1 Å². The first kappa shape index (κ1) is 21.5. The molecule has 0 aliphatic carbocycles. The zero-order valence-corrected chi connectivity index (χ0v) is 17.0. The fourth-order valence-electron chi connectivity index (χ4n) is 3.18. The Bertz CT molecular complexity index is 1090. The van der Waals surface area contributed by atoms with Crippen molar-refractivity contribution in [3.8, 4) is 11.5 Å². The molecule has 0 unspecified atom stereocenters. The van der Waals surface area contributed by atoms with Crippen LogP contribution in [0.5, 0.6) is 0 Å². The lowest BCUT2D eigenvalue weighted by Crippen LogP contribution is -2.19. The number of nitrogens with one attached hydrogen (secondary N) is 1. The first-order valence-electron chi connectivity index (χ1n) is 9.81. The second-order valence-electron chi connectivity index (χ2n) is 7.23. The number of hydrogen-bond donors (Lipinski definition) is 1. The number of nitrogens with zero attached hydrogens (tertiary/aromatic N) is 5. The van der Waals surface area contributed by atoms with Gasteiger partial charge in [0.05, 0.1) is 11.9 Å².